The SMILES string of the molecule is Cc1ccc([N+](=O)[O-])cc1NC(=O)[C@H]1CC=CC[C@@H]1C(=O)O. The van der Waals surface area contributed by atoms with Crippen LogP contribution in [-0.4, -0.2) is 21.9 Å². The first-order valence-corrected chi connectivity index (χ1v) is 6.84. The van der Waals surface area contributed by atoms with Crippen LogP contribution >= 0.6 is 0 Å². The first kappa shape index (κ1) is 15.7. The molecule has 0 aliphatic heterocycles. The van der Waals surface area contributed by atoms with Crippen LogP contribution in [0.25, 0.3) is 0 Å². The number of rotatable bonds is 4. The third-order valence-corrected chi connectivity index (χ3v) is 3.78. The maximum absolute atomic E-state index is 12.3. The van der Waals surface area contributed by atoms with Gasteiger partial charge in [0.1, 0.15) is 0 Å². The number of anilines is 1. The van der Waals surface area contributed by atoms with Crippen molar-refractivity contribution in [3.63, 3.8) is 0 Å². The molecule has 0 heterocycles. The van der Waals surface area contributed by atoms with E-state index in [1.54, 1.807) is 25.1 Å². The summed E-state index contributed by atoms with van der Waals surface area (Å²) < 4.78 is 0. The Morgan fingerprint density at radius 3 is 2.50 bits per heavy atom. The average Bonchev–Trinajstić information content (AvgIpc) is 2.49. The number of hydrogen-bond donors (Lipinski definition) is 2. The lowest BCUT2D eigenvalue weighted by molar-refractivity contribution is -0.384. The number of nitro benzene ring substituents is 1. The van der Waals surface area contributed by atoms with E-state index in [0.29, 0.717) is 24.1 Å². The third-order valence-electron chi connectivity index (χ3n) is 3.78. The number of hydrogen-bond acceptors (Lipinski definition) is 4. The molecular formula is C15H16N2O5. The molecule has 1 amide bonds. The summed E-state index contributed by atoms with van der Waals surface area (Å²) in [5, 5.41) is 22.6. The van der Waals surface area contributed by atoms with Crippen LogP contribution < -0.4 is 5.32 Å². The number of aryl methyl sites for hydroxylation is 1. The van der Waals surface area contributed by atoms with Crippen molar-refractivity contribution in [1.82, 2.24) is 0 Å². The molecule has 2 N–H and O–H groups in total. The largest absolute Gasteiger partial charge is 0.481 e. The van der Waals surface area contributed by atoms with E-state index >= 15 is 0 Å². The minimum absolute atomic E-state index is 0.126. The Kier molecular flexibility index (Phi) is 4.55. The van der Waals surface area contributed by atoms with Crippen LogP contribution in [0.2, 0.25) is 0 Å². The summed E-state index contributed by atoms with van der Waals surface area (Å²) in [6.07, 6.45) is 4.18. The molecule has 22 heavy (non-hydrogen) atoms. The molecule has 0 saturated heterocycles. The molecule has 7 nitrogen and oxygen atoms in total. The van der Waals surface area contributed by atoms with Crippen LogP contribution in [0.3, 0.4) is 0 Å². The summed E-state index contributed by atoms with van der Waals surface area (Å²) >= 11 is 0. The summed E-state index contributed by atoms with van der Waals surface area (Å²) in [6.45, 7) is 1.72. The van der Waals surface area contributed by atoms with Crippen LogP contribution in [-0.2, 0) is 9.59 Å². The van der Waals surface area contributed by atoms with Gasteiger partial charge in [0.25, 0.3) is 5.69 Å². The van der Waals surface area contributed by atoms with Gasteiger partial charge in [0.2, 0.25) is 5.91 Å². The Hall–Kier alpha value is -2.70. The van der Waals surface area contributed by atoms with E-state index in [1.807, 2.05) is 0 Å². The Labute approximate surface area is 126 Å². The summed E-state index contributed by atoms with van der Waals surface area (Å²) in [4.78, 5) is 33.8. The Bertz CT molecular complexity index is 653. The molecule has 0 aromatic heterocycles. The zero-order valence-electron chi connectivity index (χ0n) is 12.0. The van der Waals surface area contributed by atoms with E-state index in [1.165, 1.54) is 12.1 Å². The summed E-state index contributed by atoms with van der Waals surface area (Å²) in [5.74, 6) is -2.90. The van der Waals surface area contributed by atoms with E-state index in [-0.39, 0.29) is 5.69 Å². The zero-order chi connectivity index (χ0) is 16.3. The molecular weight excluding hydrogens is 288 g/mol. The third kappa shape index (κ3) is 3.30. The second kappa shape index (κ2) is 6.38. The Morgan fingerprint density at radius 1 is 1.27 bits per heavy atom. The van der Waals surface area contributed by atoms with Gasteiger partial charge in [-0.3, -0.25) is 19.7 Å². The monoisotopic (exact) mass is 304 g/mol. The number of carboxylic acid groups (broad SMARTS) is 1. The molecule has 0 bridgehead atoms. The number of carbonyl (C=O) groups excluding carboxylic acids is 1. The van der Waals surface area contributed by atoms with Crippen molar-refractivity contribution < 1.29 is 19.6 Å². The summed E-state index contributed by atoms with van der Waals surface area (Å²) in [6, 6.07) is 4.18. The fourth-order valence-corrected chi connectivity index (χ4v) is 2.46. The van der Waals surface area contributed by atoms with E-state index in [0.717, 1.165) is 0 Å². The van der Waals surface area contributed by atoms with Crippen molar-refractivity contribution >= 4 is 23.3 Å². The van der Waals surface area contributed by atoms with Gasteiger partial charge in [0.05, 0.1) is 22.4 Å². The molecule has 0 unspecified atom stereocenters. The van der Waals surface area contributed by atoms with Crippen molar-refractivity contribution in [2.24, 2.45) is 11.8 Å². The van der Waals surface area contributed by atoms with Crippen molar-refractivity contribution in [2.45, 2.75) is 19.8 Å². The second-order valence-corrected chi connectivity index (χ2v) is 5.24. The fourth-order valence-electron chi connectivity index (χ4n) is 2.46. The van der Waals surface area contributed by atoms with E-state index < -0.39 is 28.6 Å². The minimum atomic E-state index is -1.01. The smallest absolute Gasteiger partial charge is 0.307 e. The molecule has 0 radical (unpaired) electrons. The van der Waals surface area contributed by atoms with E-state index in [9.17, 15) is 24.8 Å². The molecule has 1 aromatic rings. The number of carbonyl (C=O) groups is 2. The molecule has 0 saturated carbocycles. The van der Waals surface area contributed by atoms with Gasteiger partial charge in [-0.25, -0.2) is 0 Å². The lowest BCUT2D eigenvalue weighted by Gasteiger charge is -2.24. The van der Waals surface area contributed by atoms with Gasteiger partial charge < -0.3 is 10.4 Å². The predicted molar refractivity (Wildman–Crippen MR) is 79.5 cm³/mol. The molecule has 0 spiro atoms. The van der Waals surface area contributed by atoms with Gasteiger partial charge in [-0.05, 0) is 25.3 Å². The number of carboxylic acids is 1. The first-order valence-electron chi connectivity index (χ1n) is 6.84. The van der Waals surface area contributed by atoms with Crippen LogP contribution in [0.4, 0.5) is 11.4 Å². The van der Waals surface area contributed by atoms with Gasteiger partial charge in [-0.15, -0.1) is 0 Å². The van der Waals surface area contributed by atoms with Crippen LogP contribution in [0.1, 0.15) is 18.4 Å². The number of aliphatic carboxylic acids is 1. The van der Waals surface area contributed by atoms with Crippen molar-refractivity contribution in [3.05, 3.63) is 46.0 Å². The van der Waals surface area contributed by atoms with Crippen molar-refractivity contribution in [3.8, 4) is 0 Å². The summed E-state index contributed by atoms with van der Waals surface area (Å²) in [7, 11) is 0. The van der Waals surface area contributed by atoms with Crippen LogP contribution in [0.15, 0.2) is 30.4 Å². The van der Waals surface area contributed by atoms with E-state index in [2.05, 4.69) is 5.32 Å². The maximum Gasteiger partial charge on any atom is 0.307 e. The van der Waals surface area contributed by atoms with Gasteiger partial charge in [-0.2, -0.15) is 0 Å². The highest BCUT2D eigenvalue weighted by atomic mass is 16.6. The molecule has 7 heteroatoms. The molecule has 2 rings (SSSR count). The fraction of sp³-hybridized carbons (Fsp3) is 0.333. The second-order valence-electron chi connectivity index (χ2n) is 5.24. The molecule has 116 valence electrons. The molecule has 1 aromatic carbocycles. The highest BCUT2D eigenvalue weighted by Crippen LogP contribution is 2.28. The molecule has 1 aliphatic rings. The van der Waals surface area contributed by atoms with Crippen LogP contribution in [0, 0.1) is 28.9 Å². The minimum Gasteiger partial charge on any atom is -0.481 e. The van der Waals surface area contributed by atoms with Gasteiger partial charge in [0.15, 0.2) is 0 Å². The topological polar surface area (TPSA) is 110 Å². The number of amides is 1. The number of nitrogens with zero attached hydrogens (tertiary/aromatic N) is 1. The summed E-state index contributed by atoms with van der Waals surface area (Å²) in [5.41, 5.74) is 0.884. The Morgan fingerprint density at radius 2 is 1.91 bits per heavy atom. The number of benzene rings is 1. The molecule has 0 fully saturated rings. The highest BCUT2D eigenvalue weighted by molar-refractivity contribution is 5.96. The van der Waals surface area contributed by atoms with Gasteiger partial charge >= 0.3 is 5.97 Å². The Balaban J connectivity index is 2.21. The normalized spacial score (nSPS) is 20.4. The maximum atomic E-state index is 12.3. The molecule has 1 aliphatic carbocycles. The quantitative estimate of drug-likeness (QED) is 0.504. The lowest BCUT2D eigenvalue weighted by Crippen LogP contribution is -2.34. The first-order chi connectivity index (χ1) is 10.4. The van der Waals surface area contributed by atoms with Crippen molar-refractivity contribution in [2.75, 3.05) is 5.32 Å². The number of non-ortho nitro benzene ring substituents is 1. The highest BCUT2D eigenvalue weighted by Gasteiger charge is 2.34. The number of nitro groups is 1. The number of allylic oxidation sites excluding steroid dienone is 2. The predicted octanol–water partition coefficient (Wildman–Crippen LogP) is 2.51. The lowest BCUT2D eigenvalue weighted by atomic mass is 9.82. The zero-order valence-corrected chi connectivity index (χ0v) is 12.0. The van der Waals surface area contributed by atoms with Gasteiger partial charge in [-0.1, -0.05) is 18.2 Å². The number of nitrogens with one attached hydrogen (secondary N) is 1. The van der Waals surface area contributed by atoms with Gasteiger partial charge in [0, 0.05) is 12.1 Å². The average molecular weight is 304 g/mol. The van der Waals surface area contributed by atoms with Crippen LogP contribution in [0.5, 0.6) is 0 Å². The molecule has 2 atom stereocenters. The van der Waals surface area contributed by atoms with E-state index in [4.69, 9.17) is 0 Å². The van der Waals surface area contributed by atoms with Crippen molar-refractivity contribution in [1.29, 1.82) is 0 Å². The standard InChI is InChI=1S/C15H16N2O5/c1-9-6-7-10(17(21)22)8-13(9)16-14(18)11-4-2-3-5-12(11)15(19)20/h2-3,6-8,11-12H,4-5H2,1H3,(H,16,18)(H,19,20)/t11-,12-/m0/s1.